The Morgan fingerprint density at radius 3 is 2.27 bits per heavy atom. The number of carboxylic acid groups (broad SMARTS) is 1. The minimum Gasteiger partial charge on any atom is -0.476 e. The lowest BCUT2D eigenvalue weighted by molar-refractivity contribution is 0.0688. The van der Waals surface area contributed by atoms with Crippen molar-refractivity contribution in [1.29, 1.82) is 0 Å². The number of nitrogens with zero attached hydrogens (tertiary/aromatic N) is 4. The Labute approximate surface area is 129 Å². The summed E-state index contributed by atoms with van der Waals surface area (Å²) in [6.45, 7) is 6.09. The summed E-state index contributed by atoms with van der Waals surface area (Å²) in [6, 6.07) is 8.07. The van der Waals surface area contributed by atoms with Crippen LogP contribution in [-0.2, 0) is 0 Å². The smallest absolute Gasteiger partial charge is 0.358 e. The van der Waals surface area contributed by atoms with Crippen molar-refractivity contribution in [2.45, 2.75) is 32.6 Å². The molecule has 3 rings (SSSR count). The summed E-state index contributed by atoms with van der Waals surface area (Å²) in [6.07, 6.45) is 2.48. The second-order valence-electron chi connectivity index (χ2n) is 5.91. The SMILES string of the molecule is CC(C)c1c(C(=O)O)nnn1-c1ccc(N2CCCC2)cc1. The van der Waals surface area contributed by atoms with Crippen molar-refractivity contribution in [3.8, 4) is 5.69 Å². The summed E-state index contributed by atoms with van der Waals surface area (Å²) in [7, 11) is 0. The Morgan fingerprint density at radius 2 is 1.73 bits per heavy atom. The number of anilines is 1. The van der Waals surface area contributed by atoms with Gasteiger partial charge in [0.1, 0.15) is 0 Å². The zero-order valence-electron chi connectivity index (χ0n) is 12.9. The number of aromatic nitrogens is 3. The zero-order valence-corrected chi connectivity index (χ0v) is 12.9. The van der Waals surface area contributed by atoms with Gasteiger partial charge in [-0.05, 0) is 43.0 Å². The number of benzene rings is 1. The Morgan fingerprint density at radius 1 is 1.14 bits per heavy atom. The van der Waals surface area contributed by atoms with Crippen molar-refractivity contribution in [3.63, 3.8) is 0 Å². The molecule has 0 atom stereocenters. The maximum absolute atomic E-state index is 11.3. The highest BCUT2D eigenvalue weighted by atomic mass is 16.4. The fourth-order valence-corrected chi connectivity index (χ4v) is 2.93. The molecule has 0 bridgehead atoms. The third kappa shape index (κ3) is 2.56. The van der Waals surface area contributed by atoms with E-state index in [-0.39, 0.29) is 11.6 Å². The highest BCUT2D eigenvalue weighted by Gasteiger charge is 2.22. The van der Waals surface area contributed by atoms with Crippen LogP contribution < -0.4 is 4.90 Å². The van der Waals surface area contributed by atoms with Gasteiger partial charge in [-0.3, -0.25) is 0 Å². The Hall–Kier alpha value is -2.37. The highest BCUT2D eigenvalue weighted by molar-refractivity contribution is 5.86. The molecule has 1 fully saturated rings. The summed E-state index contributed by atoms with van der Waals surface area (Å²) < 4.78 is 1.63. The fourth-order valence-electron chi connectivity index (χ4n) is 2.93. The lowest BCUT2D eigenvalue weighted by atomic mass is 10.1. The predicted molar refractivity (Wildman–Crippen MR) is 83.9 cm³/mol. The van der Waals surface area contributed by atoms with E-state index in [1.807, 2.05) is 26.0 Å². The number of carboxylic acids is 1. The molecule has 1 N–H and O–H groups in total. The second-order valence-corrected chi connectivity index (χ2v) is 5.91. The summed E-state index contributed by atoms with van der Waals surface area (Å²) in [4.78, 5) is 13.6. The quantitative estimate of drug-likeness (QED) is 0.940. The number of rotatable bonds is 4. The normalized spacial score (nSPS) is 14.8. The van der Waals surface area contributed by atoms with Crippen molar-refractivity contribution in [2.75, 3.05) is 18.0 Å². The van der Waals surface area contributed by atoms with Crippen molar-refractivity contribution >= 4 is 11.7 Å². The van der Waals surface area contributed by atoms with Gasteiger partial charge in [0.2, 0.25) is 0 Å². The summed E-state index contributed by atoms with van der Waals surface area (Å²) in [5.41, 5.74) is 2.69. The summed E-state index contributed by atoms with van der Waals surface area (Å²) >= 11 is 0. The van der Waals surface area contributed by atoms with Crippen LogP contribution in [0.15, 0.2) is 24.3 Å². The van der Waals surface area contributed by atoms with Gasteiger partial charge < -0.3 is 10.0 Å². The first kappa shape index (κ1) is 14.6. The van der Waals surface area contributed by atoms with Gasteiger partial charge in [-0.25, -0.2) is 9.48 Å². The molecule has 6 heteroatoms. The van der Waals surface area contributed by atoms with E-state index in [9.17, 15) is 9.90 Å². The summed E-state index contributed by atoms with van der Waals surface area (Å²) in [5, 5.41) is 17.1. The lowest BCUT2D eigenvalue weighted by Gasteiger charge is -2.18. The maximum Gasteiger partial charge on any atom is 0.358 e. The van der Waals surface area contributed by atoms with Crippen LogP contribution in [0, 0.1) is 0 Å². The Bertz CT molecular complexity index is 670. The van der Waals surface area contributed by atoms with Gasteiger partial charge in [0.15, 0.2) is 5.69 Å². The third-order valence-electron chi connectivity index (χ3n) is 4.02. The van der Waals surface area contributed by atoms with Gasteiger partial charge in [-0.2, -0.15) is 0 Å². The van der Waals surface area contributed by atoms with Crippen molar-refractivity contribution in [2.24, 2.45) is 0 Å². The van der Waals surface area contributed by atoms with E-state index >= 15 is 0 Å². The van der Waals surface area contributed by atoms with Gasteiger partial charge in [-0.15, -0.1) is 5.10 Å². The molecule has 116 valence electrons. The molecule has 0 aliphatic carbocycles. The van der Waals surface area contributed by atoms with E-state index in [0.717, 1.165) is 18.8 Å². The van der Waals surface area contributed by atoms with Gasteiger partial charge in [0.25, 0.3) is 0 Å². The molecule has 22 heavy (non-hydrogen) atoms. The predicted octanol–water partition coefficient (Wildman–Crippen LogP) is 2.69. The number of hydrogen-bond acceptors (Lipinski definition) is 4. The van der Waals surface area contributed by atoms with E-state index in [0.29, 0.717) is 5.69 Å². The molecule has 1 aromatic carbocycles. The van der Waals surface area contributed by atoms with E-state index in [1.165, 1.54) is 18.5 Å². The van der Waals surface area contributed by atoms with Crippen LogP contribution in [0.4, 0.5) is 5.69 Å². The average Bonchev–Trinajstić information content (AvgIpc) is 3.17. The Kier molecular flexibility index (Phi) is 3.83. The van der Waals surface area contributed by atoms with Crippen molar-refractivity contribution in [1.82, 2.24) is 15.0 Å². The van der Waals surface area contributed by atoms with Gasteiger partial charge >= 0.3 is 5.97 Å². The minimum absolute atomic E-state index is 0.0265. The van der Waals surface area contributed by atoms with E-state index in [2.05, 4.69) is 27.3 Å². The van der Waals surface area contributed by atoms with Crippen molar-refractivity contribution < 1.29 is 9.90 Å². The van der Waals surface area contributed by atoms with Gasteiger partial charge in [0, 0.05) is 18.8 Å². The largest absolute Gasteiger partial charge is 0.476 e. The van der Waals surface area contributed by atoms with E-state index < -0.39 is 5.97 Å². The third-order valence-corrected chi connectivity index (χ3v) is 4.02. The molecule has 0 amide bonds. The van der Waals surface area contributed by atoms with Crippen molar-refractivity contribution in [3.05, 3.63) is 35.7 Å². The average molecular weight is 300 g/mol. The van der Waals surface area contributed by atoms with Gasteiger partial charge in [0.05, 0.1) is 11.4 Å². The van der Waals surface area contributed by atoms with Crippen LogP contribution >= 0.6 is 0 Å². The fraction of sp³-hybridized carbons (Fsp3) is 0.438. The van der Waals surface area contributed by atoms with Crippen LogP contribution in [-0.4, -0.2) is 39.2 Å². The first-order chi connectivity index (χ1) is 10.6. The molecule has 0 radical (unpaired) electrons. The molecule has 1 aliphatic heterocycles. The molecule has 6 nitrogen and oxygen atoms in total. The van der Waals surface area contributed by atoms with Crippen LogP contribution in [0.25, 0.3) is 5.69 Å². The number of hydrogen-bond donors (Lipinski definition) is 1. The van der Waals surface area contributed by atoms with Crippen LogP contribution in [0.2, 0.25) is 0 Å². The molecule has 0 spiro atoms. The molecular weight excluding hydrogens is 280 g/mol. The minimum atomic E-state index is -1.04. The Balaban J connectivity index is 1.95. The molecule has 1 aliphatic rings. The van der Waals surface area contributed by atoms with Crippen LogP contribution in [0.5, 0.6) is 0 Å². The highest BCUT2D eigenvalue weighted by Crippen LogP contribution is 2.25. The second kappa shape index (κ2) is 5.79. The topological polar surface area (TPSA) is 71.2 Å². The molecule has 0 saturated carbocycles. The molecular formula is C16H20N4O2. The maximum atomic E-state index is 11.3. The molecule has 0 unspecified atom stereocenters. The zero-order chi connectivity index (χ0) is 15.7. The number of aromatic carboxylic acids is 1. The first-order valence-electron chi connectivity index (χ1n) is 7.62. The van der Waals surface area contributed by atoms with Crippen LogP contribution in [0.1, 0.15) is 48.8 Å². The molecule has 2 heterocycles. The summed E-state index contributed by atoms with van der Waals surface area (Å²) in [5.74, 6) is -1.01. The lowest BCUT2D eigenvalue weighted by Crippen LogP contribution is -2.17. The standard InChI is InChI=1S/C16H20N4O2/c1-11(2)15-14(16(21)22)17-18-20(15)13-7-5-12(6-8-13)19-9-3-4-10-19/h5-8,11H,3-4,9-10H2,1-2H3,(H,21,22). The van der Waals surface area contributed by atoms with E-state index in [4.69, 9.17) is 0 Å². The molecule has 1 aromatic heterocycles. The van der Waals surface area contributed by atoms with E-state index in [1.54, 1.807) is 4.68 Å². The molecule has 1 saturated heterocycles. The first-order valence-corrected chi connectivity index (χ1v) is 7.62. The monoisotopic (exact) mass is 300 g/mol. The molecule has 2 aromatic rings. The number of carbonyl (C=O) groups is 1. The van der Waals surface area contributed by atoms with Gasteiger partial charge in [-0.1, -0.05) is 19.1 Å². The van der Waals surface area contributed by atoms with Crippen LogP contribution in [0.3, 0.4) is 0 Å².